The Morgan fingerprint density at radius 1 is 1.18 bits per heavy atom. The van der Waals surface area contributed by atoms with E-state index in [1.165, 1.54) is 17.4 Å². The quantitative estimate of drug-likeness (QED) is 0.342. The minimum Gasteiger partial charge on any atom is -0.493 e. The Morgan fingerprint density at radius 2 is 2.00 bits per heavy atom. The lowest BCUT2D eigenvalue weighted by Gasteiger charge is -2.40. The zero-order chi connectivity index (χ0) is 23.3. The smallest absolute Gasteiger partial charge is 0.391 e. The molecule has 2 N–H and O–H groups in total. The topological polar surface area (TPSA) is 66.1 Å². The zero-order valence-electron chi connectivity index (χ0n) is 17.5. The molecule has 0 unspecified atom stereocenters. The largest absolute Gasteiger partial charge is 0.493 e. The van der Waals surface area contributed by atoms with Crippen LogP contribution >= 0.6 is 23.3 Å². The number of nitrogens with zero attached hydrogens (tertiary/aromatic N) is 3. The fraction of sp³-hybridized carbons (Fsp3) is 0.429. The average Bonchev–Trinajstić information content (AvgIpc) is 3.54. The molecule has 1 aromatic carbocycles. The van der Waals surface area contributed by atoms with Crippen LogP contribution in [0.2, 0.25) is 0 Å². The number of alkyl halides is 3. The van der Waals surface area contributed by atoms with Crippen LogP contribution < -0.4 is 9.46 Å². The van der Waals surface area contributed by atoms with Gasteiger partial charge < -0.3 is 9.46 Å². The molecule has 1 fully saturated rings. The van der Waals surface area contributed by atoms with E-state index in [0.717, 1.165) is 11.9 Å². The Hall–Kier alpha value is -2.31. The number of piperidine rings is 1. The summed E-state index contributed by atoms with van der Waals surface area (Å²) in [6.45, 7) is 1.18. The summed E-state index contributed by atoms with van der Waals surface area (Å²) in [5, 5.41) is 8.70. The number of ether oxygens (including phenoxy) is 1. The van der Waals surface area contributed by atoms with E-state index in [2.05, 4.69) is 19.9 Å². The van der Waals surface area contributed by atoms with Gasteiger partial charge in [-0.3, -0.25) is 10.00 Å². The normalized spacial score (nSPS) is 19.2. The number of H-pyrrole nitrogens is 1. The molecule has 4 heterocycles. The van der Waals surface area contributed by atoms with Gasteiger partial charge >= 0.3 is 6.18 Å². The standard InChI is InChI=1S/C18H19F4N3OS2.C3H4N2/c19-13-9-12-14(25-5-1-11(2-6-25)18(20,21)22)3-7-26-15(12)10-16(13)28-24-17-23-4-8-27-17;1-2-4-5-3-1/h4,8-11,14H,1-3,5-7H2,(H,23,24);1-3H,(H,4,5)/t14-;/m0./s1. The first-order valence-electron chi connectivity index (χ1n) is 10.4. The number of aromatic amines is 1. The SMILES string of the molecule is Fc1cc2c(cc1SNc1nccs1)OCC[C@@H]2N1CCC(C(F)(F)F)CC1.c1cn[nH]c1. The van der Waals surface area contributed by atoms with Crippen molar-refractivity contribution in [1.29, 1.82) is 0 Å². The van der Waals surface area contributed by atoms with Gasteiger partial charge in [0, 0.05) is 42.0 Å². The summed E-state index contributed by atoms with van der Waals surface area (Å²) in [7, 11) is 0. The highest BCUT2D eigenvalue weighted by Gasteiger charge is 2.42. The summed E-state index contributed by atoms with van der Waals surface area (Å²) in [6.07, 6.45) is 1.80. The molecular weight excluding hydrogens is 478 g/mol. The number of anilines is 1. The minimum absolute atomic E-state index is 0.0876. The average molecular weight is 502 g/mol. The summed E-state index contributed by atoms with van der Waals surface area (Å²) >= 11 is 2.54. The lowest BCUT2D eigenvalue weighted by atomic mass is 9.92. The van der Waals surface area contributed by atoms with Crippen LogP contribution in [0.3, 0.4) is 0 Å². The predicted molar refractivity (Wildman–Crippen MR) is 120 cm³/mol. The Labute approximate surface area is 196 Å². The van der Waals surface area contributed by atoms with Crippen LogP contribution in [0.4, 0.5) is 22.7 Å². The van der Waals surface area contributed by atoms with Gasteiger partial charge in [0.15, 0.2) is 5.13 Å². The van der Waals surface area contributed by atoms with Gasteiger partial charge in [0.05, 0.1) is 17.4 Å². The van der Waals surface area contributed by atoms with Crippen LogP contribution in [0.5, 0.6) is 5.75 Å². The van der Waals surface area contributed by atoms with Crippen molar-refractivity contribution in [2.45, 2.75) is 36.4 Å². The number of hydrogen-bond acceptors (Lipinski definition) is 7. The van der Waals surface area contributed by atoms with Crippen LogP contribution in [0.15, 0.2) is 47.1 Å². The second-order valence-corrected chi connectivity index (χ2v) is 9.38. The van der Waals surface area contributed by atoms with E-state index in [0.29, 0.717) is 47.5 Å². The van der Waals surface area contributed by atoms with Gasteiger partial charge in [-0.2, -0.15) is 18.3 Å². The Kier molecular flexibility index (Phi) is 7.76. The van der Waals surface area contributed by atoms with Crippen molar-refractivity contribution < 1.29 is 22.3 Å². The van der Waals surface area contributed by atoms with Gasteiger partial charge in [-0.1, -0.05) is 0 Å². The Morgan fingerprint density at radius 3 is 2.61 bits per heavy atom. The van der Waals surface area contributed by atoms with Gasteiger partial charge in [0.25, 0.3) is 0 Å². The third-order valence-corrected chi connectivity index (χ3v) is 7.24. The van der Waals surface area contributed by atoms with Crippen molar-refractivity contribution in [3.63, 3.8) is 0 Å². The van der Waals surface area contributed by atoms with Gasteiger partial charge in [0.2, 0.25) is 0 Å². The number of fused-ring (bicyclic) bond motifs is 1. The highest BCUT2D eigenvalue weighted by molar-refractivity contribution is 8.00. The molecule has 2 aliphatic rings. The molecular formula is C21H23F4N5OS2. The molecule has 0 amide bonds. The van der Waals surface area contributed by atoms with Crippen molar-refractivity contribution in [2.75, 3.05) is 24.4 Å². The van der Waals surface area contributed by atoms with Crippen LogP contribution in [-0.2, 0) is 0 Å². The van der Waals surface area contributed by atoms with E-state index < -0.39 is 12.1 Å². The van der Waals surface area contributed by atoms with Crippen LogP contribution in [0, 0.1) is 11.7 Å². The fourth-order valence-electron chi connectivity index (χ4n) is 3.96. The molecule has 1 saturated heterocycles. The number of rotatable bonds is 4. The molecule has 0 bridgehead atoms. The fourth-order valence-corrected chi connectivity index (χ4v) is 5.22. The Balaban J connectivity index is 0.000000459. The molecule has 1 atom stereocenters. The molecule has 2 aromatic heterocycles. The van der Waals surface area contributed by atoms with E-state index in [1.54, 1.807) is 24.7 Å². The Bertz CT molecular complexity index is 976. The van der Waals surface area contributed by atoms with Gasteiger partial charge in [-0.15, -0.1) is 11.3 Å². The minimum atomic E-state index is -4.14. The van der Waals surface area contributed by atoms with E-state index in [1.807, 2.05) is 16.3 Å². The maximum Gasteiger partial charge on any atom is 0.391 e. The maximum absolute atomic E-state index is 14.7. The highest BCUT2D eigenvalue weighted by Crippen LogP contribution is 2.42. The predicted octanol–water partition coefficient (Wildman–Crippen LogP) is 5.91. The highest BCUT2D eigenvalue weighted by atomic mass is 32.2. The molecule has 3 aromatic rings. The van der Waals surface area contributed by atoms with Crippen LogP contribution in [-0.4, -0.2) is 46.0 Å². The molecule has 178 valence electrons. The lowest BCUT2D eigenvalue weighted by Crippen LogP contribution is -2.42. The summed E-state index contributed by atoms with van der Waals surface area (Å²) < 4.78 is 62.1. The molecule has 0 spiro atoms. The molecule has 0 radical (unpaired) electrons. The number of likely N-dealkylation sites (tertiary alicyclic amines) is 1. The number of nitrogens with one attached hydrogen (secondary N) is 2. The number of thiazole rings is 1. The third kappa shape index (κ3) is 6.18. The first kappa shape index (κ1) is 23.8. The van der Waals surface area contributed by atoms with E-state index in [-0.39, 0.29) is 24.7 Å². The number of hydrogen-bond donors (Lipinski definition) is 2. The number of aromatic nitrogens is 3. The molecule has 0 aliphatic carbocycles. The second kappa shape index (κ2) is 10.7. The van der Waals surface area contributed by atoms with Crippen LogP contribution in [0.25, 0.3) is 0 Å². The van der Waals surface area contributed by atoms with E-state index >= 15 is 0 Å². The number of halogens is 4. The van der Waals surface area contributed by atoms with Gasteiger partial charge in [-0.25, -0.2) is 9.37 Å². The second-order valence-electron chi connectivity index (χ2n) is 7.63. The lowest BCUT2D eigenvalue weighted by molar-refractivity contribution is -0.186. The van der Waals surface area contributed by atoms with Gasteiger partial charge in [0.1, 0.15) is 11.6 Å². The first-order chi connectivity index (χ1) is 15.9. The maximum atomic E-state index is 14.7. The zero-order valence-corrected chi connectivity index (χ0v) is 19.2. The molecule has 5 rings (SSSR count). The third-order valence-electron chi connectivity index (χ3n) is 5.59. The van der Waals surface area contributed by atoms with Crippen molar-refractivity contribution in [3.8, 4) is 5.75 Å². The monoisotopic (exact) mass is 501 g/mol. The van der Waals surface area contributed by atoms with Gasteiger partial charge in [-0.05, 0) is 56.1 Å². The van der Waals surface area contributed by atoms with Crippen molar-refractivity contribution in [1.82, 2.24) is 20.1 Å². The number of benzene rings is 1. The van der Waals surface area contributed by atoms with Crippen molar-refractivity contribution >= 4 is 28.4 Å². The van der Waals surface area contributed by atoms with E-state index in [4.69, 9.17) is 4.74 Å². The van der Waals surface area contributed by atoms with E-state index in [9.17, 15) is 17.6 Å². The van der Waals surface area contributed by atoms with Crippen molar-refractivity contribution in [3.05, 3.63) is 53.6 Å². The first-order valence-corrected chi connectivity index (χ1v) is 12.1. The molecule has 2 aliphatic heterocycles. The molecule has 0 saturated carbocycles. The van der Waals surface area contributed by atoms with Crippen LogP contribution in [0.1, 0.15) is 30.9 Å². The summed E-state index contributed by atoms with van der Waals surface area (Å²) in [4.78, 5) is 6.52. The summed E-state index contributed by atoms with van der Waals surface area (Å²) in [6, 6.07) is 4.84. The molecule has 6 nitrogen and oxygen atoms in total. The van der Waals surface area contributed by atoms with Crippen molar-refractivity contribution in [2.24, 2.45) is 5.92 Å². The summed E-state index contributed by atoms with van der Waals surface area (Å²) in [5.41, 5.74) is 0.716. The molecule has 33 heavy (non-hydrogen) atoms. The summed E-state index contributed by atoms with van der Waals surface area (Å²) in [5.74, 6) is -1.02. The molecule has 12 heteroatoms.